The van der Waals surface area contributed by atoms with E-state index in [0.29, 0.717) is 18.2 Å². The lowest BCUT2D eigenvalue weighted by Gasteiger charge is -2.20. The number of carbonyl (C=O) groups excluding carboxylic acids is 3. The van der Waals surface area contributed by atoms with E-state index in [-0.39, 0.29) is 18.2 Å². The molecule has 0 atom stereocenters. The van der Waals surface area contributed by atoms with Crippen LogP contribution in [0.25, 0.3) is 0 Å². The molecular formula is C19H24N4O4S2. The SMILES string of the molecule is CCN(CC(=O)NCc1cccs1)C(=O)COC(=O)CSc1nc(C)cc(C)n1. The molecular weight excluding hydrogens is 412 g/mol. The quantitative estimate of drug-likeness (QED) is 0.345. The summed E-state index contributed by atoms with van der Waals surface area (Å²) >= 11 is 2.70. The molecule has 1 N–H and O–H groups in total. The number of nitrogens with one attached hydrogen (secondary N) is 1. The largest absolute Gasteiger partial charge is 0.455 e. The van der Waals surface area contributed by atoms with E-state index in [1.807, 2.05) is 37.4 Å². The van der Waals surface area contributed by atoms with Gasteiger partial charge in [-0.05, 0) is 38.3 Å². The summed E-state index contributed by atoms with van der Waals surface area (Å²) in [7, 11) is 0. The molecule has 0 bridgehead atoms. The first-order chi connectivity index (χ1) is 13.9. The minimum atomic E-state index is -0.538. The highest BCUT2D eigenvalue weighted by atomic mass is 32.2. The summed E-state index contributed by atoms with van der Waals surface area (Å²) in [5, 5.41) is 5.19. The van der Waals surface area contributed by atoms with Crippen molar-refractivity contribution in [1.29, 1.82) is 0 Å². The van der Waals surface area contributed by atoms with Crippen LogP contribution in [-0.4, -0.2) is 58.1 Å². The molecule has 0 aliphatic rings. The maximum Gasteiger partial charge on any atom is 0.316 e. The number of thioether (sulfide) groups is 1. The minimum absolute atomic E-state index is 0.00357. The van der Waals surface area contributed by atoms with Crippen LogP contribution in [0.15, 0.2) is 28.7 Å². The van der Waals surface area contributed by atoms with Crippen LogP contribution >= 0.6 is 23.1 Å². The predicted octanol–water partition coefficient (Wildman–Crippen LogP) is 1.96. The molecule has 10 heteroatoms. The van der Waals surface area contributed by atoms with E-state index in [9.17, 15) is 14.4 Å². The second-order valence-electron chi connectivity index (χ2n) is 6.15. The average molecular weight is 437 g/mol. The Morgan fingerprint density at radius 2 is 1.97 bits per heavy atom. The molecule has 0 fully saturated rings. The highest BCUT2D eigenvalue weighted by Gasteiger charge is 2.17. The topological polar surface area (TPSA) is 101 Å². The number of thiophene rings is 1. The molecule has 29 heavy (non-hydrogen) atoms. The Kier molecular flexibility index (Phi) is 9.07. The molecule has 2 heterocycles. The molecule has 0 radical (unpaired) electrons. The molecule has 0 aliphatic heterocycles. The van der Waals surface area contributed by atoms with E-state index in [2.05, 4.69) is 15.3 Å². The van der Waals surface area contributed by atoms with Crippen LogP contribution < -0.4 is 5.32 Å². The number of carbonyl (C=O) groups is 3. The average Bonchev–Trinajstić information content (AvgIpc) is 3.20. The third kappa shape index (κ3) is 8.20. The van der Waals surface area contributed by atoms with Gasteiger partial charge in [0.05, 0.1) is 18.8 Å². The molecule has 156 valence electrons. The fourth-order valence-corrected chi connectivity index (χ4v) is 3.75. The maximum atomic E-state index is 12.2. The summed E-state index contributed by atoms with van der Waals surface area (Å²) in [6.45, 7) is 5.75. The van der Waals surface area contributed by atoms with Crippen LogP contribution in [0.2, 0.25) is 0 Å². The van der Waals surface area contributed by atoms with Gasteiger partial charge in [-0.3, -0.25) is 14.4 Å². The van der Waals surface area contributed by atoms with Crippen LogP contribution in [0, 0.1) is 13.8 Å². The molecule has 2 amide bonds. The van der Waals surface area contributed by atoms with Crippen molar-refractivity contribution < 1.29 is 19.1 Å². The summed E-state index contributed by atoms with van der Waals surface area (Å²) in [4.78, 5) is 47.1. The van der Waals surface area contributed by atoms with Crippen LogP contribution in [0.4, 0.5) is 0 Å². The lowest BCUT2D eigenvalue weighted by atomic mass is 10.4. The van der Waals surface area contributed by atoms with E-state index in [1.54, 1.807) is 18.3 Å². The van der Waals surface area contributed by atoms with E-state index in [4.69, 9.17) is 4.74 Å². The molecule has 0 saturated carbocycles. The number of likely N-dealkylation sites (N-methyl/N-ethyl adjacent to an activating group) is 1. The third-order valence-corrected chi connectivity index (χ3v) is 5.44. The summed E-state index contributed by atoms with van der Waals surface area (Å²) < 4.78 is 5.03. The first-order valence-corrected chi connectivity index (χ1v) is 10.9. The number of hydrogen-bond acceptors (Lipinski definition) is 8. The summed E-state index contributed by atoms with van der Waals surface area (Å²) in [6.07, 6.45) is 0. The molecule has 0 aromatic carbocycles. The number of amides is 2. The predicted molar refractivity (Wildman–Crippen MR) is 112 cm³/mol. The number of aromatic nitrogens is 2. The van der Waals surface area contributed by atoms with Crippen LogP contribution in [0.1, 0.15) is 23.2 Å². The van der Waals surface area contributed by atoms with Gasteiger partial charge in [0.1, 0.15) is 0 Å². The van der Waals surface area contributed by atoms with Crippen molar-refractivity contribution in [3.8, 4) is 0 Å². The molecule has 0 saturated heterocycles. The monoisotopic (exact) mass is 436 g/mol. The fourth-order valence-electron chi connectivity index (χ4n) is 2.36. The lowest BCUT2D eigenvalue weighted by molar-refractivity contribution is -0.150. The van der Waals surface area contributed by atoms with Gasteiger partial charge in [-0.2, -0.15) is 0 Å². The normalized spacial score (nSPS) is 10.4. The van der Waals surface area contributed by atoms with Crippen molar-refractivity contribution >= 4 is 40.9 Å². The van der Waals surface area contributed by atoms with E-state index < -0.39 is 18.5 Å². The van der Waals surface area contributed by atoms with E-state index in [1.165, 1.54) is 4.90 Å². The van der Waals surface area contributed by atoms with Gasteiger partial charge < -0.3 is 15.0 Å². The van der Waals surface area contributed by atoms with Gasteiger partial charge in [0.25, 0.3) is 5.91 Å². The summed E-state index contributed by atoms with van der Waals surface area (Å²) in [5.41, 5.74) is 1.64. The highest BCUT2D eigenvalue weighted by molar-refractivity contribution is 7.99. The zero-order valence-corrected chi connectivity index (χ0v) is 18.3. The van der Waals surface area contributed by atoms with Gasteiger partial charge in [-0.15, -0.1) is 11.3 Å². The molecule has 0 aliphatic carbocycles. The smallest absolute Gasteiger partial charge is 0.316 e. The Hall–Kier alpha value is -2.46. The minimum Gasteiger partial charge on any atom is -0.455 e. The number of aryl methyl sites for hydroxylation is 2. The second kappa shape index (κ2) is 11.5. The van der Waals surface area contributed by atoms with Crippen molar-refractivity contribution in [3.63, 3.8) is 0 Å². The van der Waals surface area contributed by atoms with Gasteiger partial charge in [-0.25, -0.2) is 9.97 Å². The number of hydrogen-bond donors (Lipinski definition) is 1. The summed E-state index contributed by atoms with van der Waals surface area (Å²) in [5.74, 6) is -1.21. The Bertz CT molecular complexity index is 822. The van der Waals surface area contributed by atoms with Crippen molar-refractivity contribution in [2.24, 2.45) is 0 Å². The van der Waals surface area contributed by atoms with Crippen molar-refractivity contribution in [3.05, 3.63) is 39.8 Å². The van der Waals surface area contributed by atoms with E-state index >= 15 is 0 Å². The van der Waals surface area contributed by atoms with Gasteiger partial charge in [0.15, 0.2) is 11.8 Å². The van der Waals surface area contributed by atoms with Gasteiger partial charge in [0.2, 0.25) is 5.91 Å². The van der Waals surface area contributed by atoms with Crippen LogP contribution in [-0.2, 0) is 25.7 Å². The van der Waals surface area contributed by atoms with Crippen molar-refractivity contribution in [2.45, 2.75) is 32.5 Å². The molecule has 2 aromatic heterocycles. The number of esters is 1. The van der Waals surface area contributed by atoms with Crippen LogP contribution in [0.3, 0.4) is 0 Å². The second-order valence-corrected chi connectivity index (χ2v) is 8.12. The molecule has 2 rings (SSSR count). The van der Waals surface area contributed by atoms with E-state index in [0.717, 1.165) is 28.0 Å². The molecule has 2 aromatic rings. The number of nitrogens with zero attached hydrogens (tertiary/aromatic N) is 3. The van der Waals surface area contributed by atoms with Gasteiger partial charge >= 0.3 is 5.97 Å². The zero-order valence-electron chi connectivity index (χ0n) is 16.6. The maximum absolute atomic E-state index is 12.2. The first-order valence-electron chi connectivity index (χ1n) is 9.05. The zero-order chi connectivity index (χ0) is 21.2. The Labute approximate surface area is 178 Å². The lowest BCUT2D eigenvalue weighted by Crippen LogP contribution is -2.42. The Morgan fingerprint density at radius 1 is 1.24 bits per heavy atom. The first kappa shape index (κ1) is 22.8. The van der Waals surface area contributed by atoms with Gasteiger partial charge in [0, 0.05) is 22.8 Å². The van der Waals surface area contributed by atoms with Gasteiger partial charge in [-0.1, -0.05) is 17.8 Å². The Morgan fingerprint density at radius 3 is 2.59 bits per heavy atom. The van der Waals surface area contributed by atoms with Crippen LogP contribution in [0.5, 0.6) is 0 Å². The number of ether oxygens (including phenoxy) is 1. The molecule has 8 nitrogen and oxygen atoms in total. The molecule has 0 unspecified atom stereocenters. The number of rotatable bonds is 10. The summed E-state index contributed by atoms with van der Waals surface area (Å²) in [6, 6.07) is 5.68. The highest BCUT2D eigenvalue weighted by Crippen LogP contribution is 2.14. The van der Waals surface area contributed by atoms with Crippen molar-refractivity contribution in [2.75, 3.05) is 25.4 Å². The van der Waals surface area contributed by atoms with Crippen molar-refractivity contribution in [1.82, 2.24) is 20.2 Å². The third-order valence-electron chi connectivity index (χ3n) is 3.75. The molecule has 0 spiro atoms. The standard InChI is InChI=1S/C19H24N4O4S2/c1-4-23(10-16(24)20-9-15-6-5-7-28-15)17(25)11-27-18(26)12-29-19-21-13(2)8-14(3)22-19/h5-8H,4,9-12H2,1-3H3,(H,20,24). The Balaban J connectivity index is 1.72. The fraction of sp³-hybridized carbons (Fsp3) is 0.421.